The molecule has 1 N–H and O–H groups in total. The van der Waals surface area contributed by atoms with Gasteiger partial charge in [-0.1, -0.05) is 62.4 Å². The van der Waals surface area contributed by atoms with Crippen LogP contribution in [0.25, 0.3) is 22.5 Å². The van der Waals surface area contributed by atoms with Gasteiger partial charge in [0.15, 0.2) is 5.82 Å². The second kappa shape index (κ2) is 7.64. The largest absolute Gasteiger partial charge is 0.343 e. The summed E-state index contributed by atoms with van der Waals surface area (Å²) in [6.07, 6.45) is 3.61. The molecule has 0 atom stereocenters. The van der Waals surface area contributed by atoms with E-state index in [1.165, 1.54) is 5.56 Å². The molecule has 0 bridgehead atoms. The van der Waals surface area contributed by atoms with Crippen LogP contribution in [0.5, 0.6) is 0 Å². The fraction of sp³-hybridized carbons (Fsp3) is 0.174. The zero-order chi connectivity index (χ0) is 19.5. The van der Waals surface area contributed by atoms with Crippen LogP contribution in [0.3, 0.4) is 0 Å². The lowest BCUT2D eigenvalue weighted by Crippen LogP contribution is -2.18. The predicted molar refractivity (Wildman–Crippen MR) is 111 cm³/mol. The van der Waals surface area contributed by atoms with Crippen LogP contribution >= 0.6 is 0 Å². The number of rotatable bonds is 5. The number of aromatic nitrogens is 4. The molecule has 5 heteroatoms. The van der Waals surface area contributed by atoms with Crippen molar-refractivity contribution in [3.63, 3.8) is 0 Å². The molecule has 0 aliphatic rings. The molecule has 0 aliphatic carbocycles. The van der Waals surface area contributed by atoms with E-state index in [-0.39, 0.29) is 5.69 Å². The van der Waals surface area contributed by atoms with Gasteiger partial charge in [0.2, 0.25) is 0 Å². The van der Waals surface area contributed by atoms with Gasteiger partial charge >= 0.3 is 5.69 Å². The summed E-state index contributed by atoms with van der Waals surface area (Å²) in [6, 6.07) is 20.3. The number of benzene rings is 2. The van der Waals surface area contributed by atoms with Crippen molar-refractivity contribution in [2.75, 3.05) is 0 Å². The summed E-state index contributed by atoms with van der Waals surface area (Å²) in [5.41, 5.74) is 5.16. The van der Waals surface area contributed by atoms with Gasteiger partial charge in [0, 0.05) is 18.0 Å². The highest BCUT2D eigenvalue weighted by Crippen LogP contribution is 2.23. The van der Waals surface area contributed by atoms with Crippen molar-refractivity contribution < 1.29 is 0 Å². The van der Waals surface area contributed by atoms with Crippen molar-refractivity contribution in [2.24, 2.45) is 0 Å². The highest BCUT2D eigenvalue weighted by Gasteiger charge is 2.12. The summed E-state index contributed by atoms with van der Waals surface area (Å²) >= 11 is 0. The Morgan fingerprint density at radius 3 is 2.46 bits per heavy atom. The van der Waals surface area contributed by atoms with E-state index in [1.807, 2.05) is 42.6 Å². The first-order valence-corrected chi connectivity index (χ1v) is 9.36. The molecule has 2 aromatic heterocycles. The van der Waals surface area contributed by atoms with Gasteiger partial charge in [-0.2, -0.15) is 5.10 Å². The van der Waals surface area contributed by atoms with Crippen molar-refractivity contribution in [1.82, 2.24) is 19.7 Å². The number of pyridine rings is 1. The predicted octanol–water partition coefficient (Wildman–Crippen LogP) is 4.47. The lowest BCUT2D eigenvalue weighted by molar-refractivity contribution is 0.768. The molecule has 0 fully saturated rings. The Morgan fingerprint density at radius 2 is 1.75 bits per heavy atom. The van der Waals surface area contributed by atoms with Crippen LogP contribution in [0.1, 0.15) is 30.9 Å². The Hall–Kier alpha value is -3.47. The quantitative estimate of drug-likeness (QED) is 0.564. The highest BCUT2D eigenvalue weighted by atomic mass is 16.1. The third-order valence-electron chi connectivity index (χ3n) is 4.86. The summed E-state index contributed by atoms with van der Waals surface area (Å²) < 4.78 is 1.68. The summed E-state index contributed by atoms with van der Waals surface area (Å²) in [4.78, 5) is 16.5. The van der Waals surface area contributed by atoms with Crippen LogP contribution in [0.2, 0.25) is 0 Å². The highest BCUT2D eigenvalue weighted by molar-refractivity contribution is 5.62. The van der Waals surface area contributed by atoms with Crippen molar-refractivity contribution in [2.45, 2.75) is 26.3 Å². The zero-order valence-corrected chi connectivity index (χ0v) is 16.0. The standard InChI is InChI=1S/C23H22N4O/c1-16(2)19-5-3-6-20(13-19)22-25-26-23(28)27(22)15-17-8-10-18(11-9-17)21-7-4-12-24-14-21/h3-14,16H,15H2,1-2H3,(H,26,28). The molecule has 4 rings (SSSR count). The van der Waals surface area contributed by atoms with Gasteiger partial charge < -0.3 is 0 Å². The van der Waals surface area contributed by atoms with Crippen LogP contribution in [-0.4, -0.2) is 19.7 Å². The number of hydrogen-bond acceptors (Lipinski definition) is 3. The second-order valence-corrected chi connectivity index (χ2v) is 7.16. The molecule has 28 heavy (non-hydrogen) atoms. The fourth-order valence-corrected chi connectivity index (χ4v) is 3.24. The Kier molecular flexibility index (Phi) is 4.89. The maximum atomic E-state index is 12.4. The Balaban J connectivity index is 1.64. The topological polar surface area (TPSA) is 63.6 Å². The second-order valence-electron chi connectivity index (χ2n) is 7.16. The third-order valence-corrected chi connectivity index (χ3v) is 4.86. The number of aromatic amines is 1. The van der Waals surface area contributed by atoms with Crippen LogP contribution in [0, 0.1) is 0 Å². The van der Waals surface area contributed by atoms with E-state index >= 15 is 0 Å². The first kappa shape index (κ1) is 17.9. The van der Waals surface area contributed by atoms with E-state index in [9.17, 15) is 4.79 Å². The van der Waals surface area contributed by atoms with Crippen molar-refractivity contribution >= 4 is 0 Å². The molecule has 5 nitrogen and oxygen atoms in total. The Morgan fingerprint density at radius 1 is 0.964 bits per heavy atom. The molecular formula is C23H22N4O. The van der Waals surface area contributed by atoms with Gasteiger partial charge in [-0.15, -0.1) is 0 Å². The SMILES string of the molecule is CC(C)c1cccc(-c2n[nH]c(=O)n2Cc2ccc(-c3cccnc3)cc2)c1. The van der Waals surface area contributed by atoms with E-state index < -0.39 is 0 Å². The van der Waals surface area contributed by atoms with Crippen molar-refractivity contribution in [1.29, 1.82) is 0 Å². The first-order chi connectivity index (χ1) is 13.6. The van der Waals surface area contributed by atoms with Crippen LogP contribution in [-0.2, 0) is 6.54 Å². The minimum Gasteiger partial charge on any atom is -0.271 e. The van der Waals surface area contributed by atoms with E-state index in [0.717, 1.165) is 22.3 Å². The average molecular weight is 370 g/mol. The van der Waals surface area contributed by atoms with E-state index in [2.05, 4.69) is 53.3 Å². The van der Waals surface area contributed by atoms with Crippen LogP contribution < -0.4 is 5.69 Å². The number of nitrogens with zero attached hydrogens (tertiary/aromatic N) is 3. The minimum absolute atomic E-state index is 0.207. The molecule has 0 radical (unpaired) electrons. The minimum atomic E-state index is -0.207. The molecule has 0 saturated heterocycles. The normalized spacial score (nSPS) is 11.1. The maximum Gasteiger partial charge on any atom is 0.343 e. The van der Waals surface area contributed by atoms with Gasteiger partial charge in [-0.25, -0.2) is 9.89 Å². The van der Waals surface area contributed by atoms with Gasteiger partial charge in [0.25, 0.3) is 0 Å². The first-order valence-electron chi connectivity index (χ1n) is 9.36. The van der Waals surface area contributed by atoms with E-state index in [1.54, 1.807) is 10.8 Å². The van der Waals surface area contributed by atoms with Gasteiger partial charge in [-0.3, -0.25) is 9.55 Å². The summed E-state index contributed by atoms with van der Waals surface area (Å²) in [7, 11) is 0. The van der Waals surface area contributed by atoms with Crippen LogP contribution in [0.4, 0.5) is 0 Å². The number of hydrogen-bond donors (Lipinski definition) is 1. The molecule has 140 valence electrons. The lowest BCUT2D eigenvalue weighted by Gasteiger charge is -2.10. The molecule has 2 heterocycles. The van der Waals surface area contributed by atoms with Gasteiger partial charge in [0.1, 0.15) is 0 Å². The van der Waals surface area contributed by atoms with E-state index in [0.29, 0.717) is 18.3 Å². The molecule has 4 aromatic rings. The fourth-order valence-electron chi connectivity index (χ4n) is 3.24. The molecule has 0 amide bonds. The molecular weight excluding hydrogens is 348 g/mol. The molecule has 0 saturated carbocycles. The molecule has 2 aromatic carbocycles. The van der Waals surface area contributed by atoms with Crippen LogP contribution in [0.15, 0.2) is 77.9 Å². The van der Waals surface area contributed by atoms with Gasteiger partial charge in [0.05, 0.1) is 6.54 Å². The summed E-state index contributed by atoms with van der Waals surface area (Å²) in [5.74, 6) is 1.07. The molecule has 0 aliphatic heterocycles. The molecule has 0 spiro atoms. The zero-order valence-electron chi connectivity index (χ0n) is 16.0. The summed E-state index contributed by atoms with van der Waals surface area (Å²) in [5, 5.41) is 6.86. The number of nitrogens with one attached hydrogen (secondary N) is 1. The third kappa shape index (κ3) is 3.64. The molecule has 0 unspecified atom stereocenters. The lowest BCUT2D eigenvalue weighted by atomic mass is 10.0. The maximum absolute atomic E-state index is 12.4. The number of H-pyrrole nitrogens is 1. The Labute approximate surface area is 163 Å². The summed E-state index contributed by atoms with van der Waals surface area (Å²) in [6.45, 7) is 4.77. The van der Waals surface area contributed by atoms with Gasteiger partial charge in [-0.05, 0) is 40.3 Å². The Bertz CT molecular complexity index is 1130. The monoisotopic (exact) mass is 370 g/mol. The van der Waals surface area contributed by atoms with E-state index in [4.69, 9.17) is 0 Å². The average Bonchev–Trinajstić information content (AvgIpc) is 3.09. The van der Waals surface area contributed by atoms with Crippen molar-refractivity contribution in [3.8, 4) is 22.5 Å². The smallest absolute Gasteiger partial charge is 0.271 e. The van der Waals surface area contributed by atoms with Crippen molar-refractivity contribution in [3.05, 3.63) is 94.7 Å².